The van der Waals surface area contributed by atoms with Crippen LogP contribution < -0.4 is 0 Å². The quantitative estimate of drug-likeness (QED) is 0.435. The molecule has 0 bridgehead atoms. The van der Waals surface area contributed by atoms with Crippen LogP contribution in [0.15, 0.2) is 72.9 Å². The molecule has 0 unspecified atom stereocenters. The Morgan fingerprint density at radius 3 is 2.33 bits per heavy atom. The Morgan fingerprint density at radius 1 is 0.714 bits per heavy atom. The van der Waals surface area contributed by atoms with Gasteiger partial charge in [-0.25, -0.2) is 4.39 Å². The second kappa shape index (κ2) is 4.67. The van der Waals surface area contributed by atoms with Crippen molar-refractivity contribution < 1.29 is 4.39 Å². The molecule has 1 nitrogen and oxygen atoms in total. The van der Waals surface area contributed by atoms with Crippen molar-refractivity contribution in [3.63, 3.8) is 0 Å². The molecule has 0 saturated carbocycles. The molecule has 2 heteroatoms. The number of benzene rings is 3. The van der Waals surface area contributed by atoms with Crippen LogP contribution in [-0.4, -0.2) is 4.98 Å². The minimum atomic E-state index is -0.231. The van der Waals surface area contributed by atoms with Gasteiger partial charge in [0.1, 0.15) is 5.82 Å². The van der Waals surface area contributed by atoms with E-state index in [4.69, 9.17) is 0 Å². The highest BCUT2D eigenvalue weighted by Gasteiger charge is 2.04. The molecule has 0 aliphatic rings. The molecule has 21 heavy (non-hydrogen) atoms. The van der Waals surface area contributed by atoms with Gasteiger partial charge in [-0.2, -0.15) is 0 Å². The number of nitrogens with zero attached hydrogens (tertiary/aromatic N) is 1. The highest BCUT2D eigenvalue weighted by Crippen LogP contribution is 2.27. The van der Waals surface area contributed by atoms with Gasteiger partial charge in [0, 0.05) is 17.1 Å². The summed E-state index contributed by atoms with van der Waals surface area (Å²) >= 11 is 0. The lowest BCUT2D eigenvalue weighted by Gasteiger charge is -2.06. The van der Waals surface area contributed by atoms with Crippen LogP contribution in [0.2, 0.25) is 0 Å². The SMILES string of the molecule is Fc1ccc(-c2cc3ccc4ccccc4c3cn2)cc1. The Bertz CT molecular complexity index is 942. The zero-order chi connectivity index (χ0) is 14.2. The summed E-state index contributed by atoms with van der Waals surface area (Å²) in [5, 5.41) is 4.69. The molecular weight excluding hydrogens is 261 g/mol. The van der Waals surface area contributed by atoms with Gasteiger partial charge in [0.2, 0.25) is 0 Å². The first-order chi connectivity index (χ1) is 10.3. The smallest absolute Gasteiger partial charge is 0.123 e. The zero-order valence-electron chi connectivity index (χ0n) is 11.3. The van der Waals surface area contributed by atoms with E-state index < -0.39 is 0 Å². The van der Waals surface area contributed by atoms with E-state index >= 15 is 0 Å². The monoisotopic (exact) mass is 273 g/mol. The van der Waals surface area contributed by atoms with Crippen molar-refractivity contribution >= 4 is 21.5 Å². The van der Waals surface area contributed by atoms with Crippen molar-refractivity contribution in [2.45, 2.75) is 0 Å². The van der Waals surface area contributed by atoms with Crippen LogP contribution in [0.3, 0.4) is 0 Å². The lowest BCUT2D eigenvalue weighted by atomic mass is 10.0. The van der Waals surface area contributed by atoms with Gasteiger partial charge >= 0.3 is 0 Å². The van der Waals surface area contributed by atoms with E-state index in [-0.39, 0.29) is 5.82 Å². The Balaban J connectivity index is 1.94. The summed E-state index contributed by atoms with van der Waals surface area (Å²) in [7, 11) is 0. The van der Waals surface area contributed by atoms with Crippen molar-refractivity contribution in [3.05, 3.63) is 78.7 Å². The Labute approximate surface area is 121 Å². The third-order valence-electron chi connectivity index (χ3n) is 3.77. The van der Waals surface area contributed by atoms with Gasteiger partial charge in [-0.15, -0.1) is 0 Å². The number of rotatable bonds is 1. The van der Waals surface area contributed by atoms with Crippen molar-refractivity contribution in [1.29, 1.82) is 0 Å². The maximum absolute atomic E-state index is 13.0. The van der Waals surface area contributed by atoms with Crippen LogP contribution in [0.4, 0.5) is 4.39 Å². The summed E-state index contributed by atoms with van der Waals surface area (Å²) in [6.45, 7) is 0. The second-order valence-corrected chi connectivity index (χ2v) is 5.08. The van der Waals surface area contributed by atoms with Gasteiger partial charge in [0.25, 0.3) is 0 Å². The molecule has 100 valence electrons. The van der Waals surface area contributed by atoms with Gasteiger partial charge in [-0.1, -0.05) is 36.4 Å². The lowest BCUT2D eigenvalue weighted by molar-refractivity contribution is 0.628. The van der Waals surface area contributed by atoms with Crippen molar-refractivity contribution in [1.82, 2.24) is 4.98 Å². The molecular formula is C19H12FN. The molecule has 1 heterocycles. The van der Waals surface area contributed by atoms with Gasteiger partial charge in [0.15, 0.2) is 0 Å². The highest BCUT2D eigenvalue weighted by molar-refractivity contribution is 6.07. The van der Waals surface area contributed by atoms with Crippen LogP contribution in [-0.2, 0) is 0 Å². The molecule has 4 aromatic rings. The molecule has 0 fully saturated rings. The molecule has 3 aromatic carbocycles. The maximum Gasteiger partial charge on any atom is 0.123 e. The van der Waals surface area contributed by atoms with E-state index in [0.29, 0.717) is 0 Å². The van der Waals surface area contributed by atoms with Gasteiger partial charge in [-0.05, 0) is 46.5 Å². The van der Waals surface area contributed by atoms with E-state index in [1.54, 1.807) is 12.1 Å². The van der Waals surface area contributed by atoms with Crippen LogP contribution in [0.1, 0.15) is 0 Å². The summed E-state index contributed by atoms with van der Waals surface area (Å²) < 4.78 is 13.0. The number of pyridine rings is 1. The molecule has 0 aliphatic heterocycles. The van der Waals surface area contributed by atoms with E-state index in [1.807, 2.05) is 18.3 Å². The van der Waals surface area contributed by atoms with Gasteiger partial charge < -0.3 is 0 Å². The minimum Gasteiger partial charge on any atom is -0.256 e. The van der Waals surface area contributed by atoms with Crippen LogP contribution in [0, 0.1) is 5.82 Å². The molecule has 0 spiro atoms. The molecule has 4 rings (SSSR count). The van der Waals surface area contributed by atoms with Crippen molar-refractivity contribution in [2.75, 3.05) is 0 Å². The minimum absolute atomic E-state index is 0.231. The van der Waals surface area contributed by atoms with E-state index in [1.165, 1.54) is 22.9 Å². The number of halogens is 1. The van der Waals surface area contributed by atoms with Crippen LogP contribution in [0.5, 0.6) is 0 Å². The number of aromatic nitrogens is 1. The zero-order valence-corrected chi connectivity index (χ0v) is 11.3. The summed E-state index contributed by atoms with van der Waals surface area (Å²) in [5.41, 5.74) is 1.78. The normalized spacial score (nSPS) is 11.1. The van der Waals surface area contributed by atoms with Crippen molar-refractivity contribution in [2.24, 2.45) is 0 Å². The summed E-state index contributed by atoms with van der Waals surface area (Å²) in [5.74, 6) is -0.231. The summed E-state index contributed by atoms with van der Waals surface area (Å²) in [4.78, 5) is 4.53. The summed E-state index contributed by atoms with van der Waals surface area (Å²) in [6.07, 6.45) is 1.90. The molecule has 0 atom stereocenters. The average molecular weight is 273 g/mol. The largest absolute Gasteiger partial charge is 0.256 e. The third kappa shape index (κ3) is 2.05. The first-order valence-corrected chi connectivity index (χ1v) is 6.85. The predicted octanol–water partition coefficient (Wildman–Crippen LogP) is 5.19. The topological polar surface area (TPSA) is 12.9 Å². The standard InChI is InChI=1S/C19H12FN/c20-16-9-7-14(8-10-16)19-11-15-6-5-13-3-1-2-4-17(13)18(15)12-21-19/h1-12H. The highest BCUT2D eigenvalue weighted by atomic mass is 19.1. The number of hydrogen-bond donors (Lipinski definition) is 0. The van der Waals surface area contributed by atoms with Gasteiger partial charge in [-0.3, -0.25) is 4.98 Å². The summed E-state index contributed by atoms with van der Waals surface area (Å²) in [6, 6.07) is 21.0. The molecule has 0 radical (unpaired) electrons. The fraction of sp³-hybridized carbons (Fsp3) is 0. The van der Waals surface area contributed by atoms with Crippen LogP contribution >= 0.6 is 0 Å². The maximum atomic E-state index is 13.0. The van der Waals surface area contributed by atoms with E-state index in [2.05, 4.69) is 35.3 Å². The van der Waals surface area contributed by atoms with E-state index in [9.17, 15) is 4.39 Å². The predicted molar refractivity (Wildman–Crippen MR) is 84.6 cm³/mol. The Morgan fingerprint density at radius 2 is 1.48 bits per heavy atom. The fourth-order valence-electron chi connectivity index (χ4n) is 2.68. The Hall–Kier alpha value is -2.74. The third-order valence-corrected chi connectivity index (χ3v) is 3.77. The lowest BCUT2D eigenvalue weighted by Crippen LogP contribution is -1.86. The molecule has 0 N–H and O–H groups in total. The second-order valence-electron chi connectivity index (χ2n) is 5.08. The number of fused-ring (bicyclic) bond motifs is 3. The molecule has 1 aromatic heterocycles. The molecule has 0 amide bonds. The average Bonchev–Trinajstić information content (AvgIpc) is 2.55. The van der Waals surface area contributed by atoms with Crippen molar-refractivity contribution in [3.8, 4) is 11.3 Å². The number of hydrogen-bond acceptors (Lipinski definition) is 1. The van der Waals surface area contributed by atoms with Gasteiger partial charge in [0.05, 0.1) is 5.69 Å². The fourth-order valence-corrected chi connectivity index (χ4v) is 2.68. The molecule has 0 aliphatic carbocycles. The van der Waals surface area contributed by atoms with E-state index in [0.717, 1.165) is 22.0 Å². The first-order valence-electron chi connectivity index (χ1n) is 6.85. The van der Waals surface area contributed by atoms with Crippen LogP contribution in [0.25, 0.3) is 32.8 Å². The Kier molecular flexibility index (Phi) is 2.68. The first kappa shape index (κ1) is 12.0. The molecule has 0 saturated heterocycles.